The number of nitrogens with zero attached hydrogens (tertiary/aromatic N) is 1. The van der Waals surface area contributed by atoms with Crippen molar-refractivity contribution in [1.29, 1.82) is 0 Å². The van der Waals surface area contributed by atoms with Crippen LogP contribution < -0.4 is 10.1 Å². The highest BCUT2D eigenvalue weighted by molar-refractivity contribution is 5.84. The number of carboxylic acids is 1. The Balaban J connectivity index is 1.72. The first kappa shape index (κ1) is 22.2. The van der Waals surface area contributed by atoms with Crippen LogP contribution >= 0.6 is 0 Å². The Bertz CT molecular complexity index is 613. The fourth-order valence-corrected chi connectivity index (χ4v) is 3.79. The number of aliphatic carboxylic acids is 1. The number of nitrogens with one attached hydrogen (secondary N) is 1. The molecule has 0 saturated heterocycles. The Kier molecular flexibility index (Phi) is 9.28. The second kappa shape index (κ2) is 11.7. The summed E-state index contributed by atoms with van der Waals surface area (Å²) in [4.78, 5) is 26.0. The highest BCUT2D eigenvalue weighted by Gasteiger charge is 2.35. The van der Waals surface area contributed by atoms with Gasteiger partial charge in [0.15, 0.2) is 0 Å². The summed E-state index contributed by atoms with van der Waals surface area (Å²) < 4.78 is 5.78. The van der Waals surface area contributed by atoms with Gasteiger partial charge >= 0.3 is 5.97 Å². The van der Waals surface area contributed by atoms with E-state index in [0.29, 0.717) is 26.0 Å². The normalized spacial score (nSPS) is 19.4. The zero-order chi connectivity index (χ0) is 20.4. The summed E-state index contributed by atoms with van der Waals surface area (Å²) in [5.41, 5.74) is 1.12. The van der Waals surface area contributed by atoms with Gasteiger partial charge in [-0.2, -0.15) is 0 Å². The first-order chi connectivity index (χ1) is 13.5. The zero-order valence-corrected chi connectivity index (χ0v) is 17.2. The standard InChI is InChI=1S/C22H34N2O4/c1-3-24(4-2)15-16-28-18-11-9-17(10-12-18)13-14-23-21(25)19-7-5-6-8-20(19)22(26)27/h9-12,19-20H,3-8,13-16H2,1-2H3,(H,23,25)(H,26,27). The molecular weight excluding hydrogens is 356 g/mol. The van der Waals surface area contributed by atoms with E-state index < -0.39 is 17.8 Å². The van der Waals surface area contributed by atoms with Gasteiger partial charge in [0.2, 0.25) is 5.91 Å². The summed E-state index contributed by atoms with van der Waals surface area (Å²) in [5.74, 6) is -1.05. The van der Waals surface area contributed by atoms with Gasteiger partial charge in [-0.15, -0.1) is 0 Å². The van der Waals surface area contributed by atoms with Crippen molar-refractivity contribution in [1.82, 2.24) is 10.2 Å². The highest BCUT2D eigenvalue weighted by Crippen LogP contribution is 2.30. The number of hydrogen-bond donors (Lipinski definition) is 2. The van der Waals surface area contributed by atoms with Crippen molar-refractivity contribution in [3.8, 4) is 5.75 Å². The number of carbonyl (C=O) groups is 2. The monoisotopic (exact) mass is 390 g/mol. The van der Waals surface area contributed by atoms with Crippen molar-refractivity contribution < 1.29 is 19.4 Å². The van der Waals surface area contributed by atoms with Gasteiger partial charge in [0.25, 0.3) is 0 Å². The zero-order valence-electron chi connectivity index (χ0n) is 17.2. The molecular formula is C22H34N2O4. The van der Waals surface area contributed by atoms with Crippen LogP contribution in [0.3, 0.4) is 0 Å². The van der Waals surface area contributed by atoms with Crippen molar-refractivity contribution in [3.63, 3.8) is 0 Å². The van der Waals surface area contributed by atoms with E-state index >= 15 is 0 Å². The van der Waals surface area contributed by atoms with Crippen LogP contribution in [0.25, 0.3) is 0 Å². The molecule has 1 aromatic carbocycles. The third-order valence-corrected chi connectivity index (χ3v) is 5.63. The fourth-order valence-electron chi connectivity index (χ4n) is 3.79. The second-order valence-corrected chi connectivity index (χ2v) is 7.40. The van der Waals surface area contributed by atoms with Crippen LogP contribution in [0.5, 0.6) is 5.75 Å². The molecule has 1 saturated carbocycles. The Morgan fingerprint density at radius 2 is 1.75 bits per heavy atom. The van der Waals surface area contributed by atoms with Crippen LogP contribution in [0, 0.1) is 11.8 Å². The third-order valence-electron chi connectivity index (χ3n) is 5.63. The number of ether oxygens (including phenoxy) is 1. The van der Waals surface area contributed by atoms with E-state index in [1.54, 1.807) is 0 Å². The number of hydrogen-bond acceptors (Lipinski definition) is 4. The van der Waals surface area contributed by atoms with Crippen LogP contribution in [0.4, 0.5) is 0 Å². The lowest BCUT2D eigenvalue weighted by Crippen LogP contribution is -2.40. The molecule has 0 radical (unpaired) electrons. The third kappa shape index (κ3) is 6.82. The predicted molar refractivity (Wildman–Crippen MR) is 110 cm³/mol. The summed E-state index contributed by atoms with van der Waals surface area (Å²) in [6.45, 7) is 8.45. The van der Waals surface area contributed by atoms with Crippen LogP contribution in [-0.2, 0) is 16.0 Å². The van der Waals surface area contributed by atoms with Crippen molar-refractivity contribution in [2.45, 2.75) is 46.0 Å². The minimum absolute atomic E-state index is 0.122. The molecule has 1 amide bonds. The van der Waals surface area contributed by atoms with Gasteiger partial charge in [-0.3, -0.25) is 9.59 Å². The molecule has 1 fully saturated rings. The molecule has 1 aliphatic carbocycles. The van der Waals surface area contributed by atoms with E-state index in [0.717, 1.165) is 50.2 Å². The maximum absolute atomic E-state index is 12.4. The first-order valence-electron chi connectivity index (χ1n) is 10.5. The molecule has 2 unspecified atom stereocenters. The van der Waals surface area contributed by atoms with Gasteiger partial charge in [0.1, 0.15) is 12.4 Å². The van der Waals surface area contributed by atoms with Crippen molar-refractivity contribution >= 4 is 11.9 Å². The molecule has 0 bridgehead atoms. The molecule has 28 heavy (non-hydrogen) atoms. The molecule has 1 aliphatic rings. The van der Waals surface area contributed by atoms with Crippen molar-refractivity contribution in [2.75, 3.05) is 32.8 Å². The number of rotatable bonds is 11. The number of likely N-dealkylation sites (N-methyl/N-ethyl adjacent to an activating group) is 1. The summed E-state index contributed by atoms with van der Waals surface area (Å²) in [6.07, 6.45) is 3.81. The molecule has 0 aromatic heterocycles. The Labute approximate surface area is 168 Å². The molecule has 156 valence electrons. The number of benzene rings is 1. The molecule has 0 aliphatic heterocycles. The van der Waals surface area contributed by atoms with Crippen LogP contribution in [-0.4, -0.2) is 54.7 Å². The summed E-state index contributed by atoms with van der Waals surface area (Å²) >= 11 is 0. The Hall–Kier alpha value is -2.08. The Morgan fingerprint density at radius 1 is 1.11 bits per heavy atom. The van der Waals surface area contributed by atoms with Gasteiger partial charge < -0.3 is 20.1 Å². The lowest BCUT2D eigenvalue weighted by atomic mass is 9.78. The molecule has 6 heteroatoms. The predicted octanol–water partition coefficient (Wildman–Crippen LogP) is 2.96. The average molecular weight is 391 g/mol. The molecule has 2 N–H and O–H groups in total. The average Bonchev–Trinajstić information content (AvgIpc) is 2.72. The number of carbonyl (C=O) groups excluding carboxylic acids is 1. The van der Waals surface area contributed by atoms with Crippen LogP contribution in [0.1, 0.15) is 45.1 Å². The SMILES string of the molecule is CCN(CC)CCOc1ccc(CCNC(=O)C2CCCCC2C(=O)O)cc1. The molecule has 2 atom stereocenters. The van der Waals surface area contributed by atoms with Crippen molar-refractivity contribution in [3.05, 3.63) is 29.8 Å². The number of amides is 1. The molecule has 2 rings (SSSR count). The molecule has 6 nitrogen and oxygen atoms in total. The Morgan fingerprint density at radius 3 is 2.36 bits per heavy atom. The topological polar surface area (TPSA) is 78.9 Å². The highest BCUT2D eigenvalue weighted by atomic mass is 16.5. The van der Waals surface area contributed by atoms with Gasteiger partial charge in [-0.05, 0) is 50.0 Å². The molecule has 0 spiro atoms. The fraction of sp³-hybridized carbons (Fsp3) is 0.636. The van der Waals surface area contributed by atoms with E-state index in [-0.39, 0.29) is 5.91 Å². The lowest BCUT2D eigenvalue weighted by Gasteiger charge is -2.27. The quantitative estimate of drug-likeness (QED) is 0.607. The first-order valence-corrected chi connectivity index (χ1v) is 10.5. The van der Waals surface area contributed by atoms with E-state index in [1.165, 1.54) is 0 Å². The van der Waals surface area contributed by atoms with Crippen molar-refractivity contribution in [2.24, 2.45) is 11.8 Å². The number of carboxylic acid groups (broad SMARTS) is 1. The molecule has 1 aromatic rings. The van der Waals surface area contributed by atoms with E-state index in [2.05, 4.69) is 24.1 Å². The summed E-state index contributed by atoms with van der Waals surface area (Å²) in [7, 11) is 0. The maximum atomic E-state index is 12.4. The minimum Gasteiger partial charge on any atom is -0.492 e. The van der Waals surface area contributed by atoms with Gasteiger partial charge in [-0.25, -0.2) is 0 Å². The van der Waals surface area contributed by atoms with Gasteiger partial charge in [-0.1, -0.05) is 38.8 Å². The molecule has 0 heterocycles. The van der Waals surface area contributed by atoms with Gasteiger partial charge in [0, 0.05) is 13.1 Å². The second-order valence-electron chi connectivity index (χ2n) is 7.40. The smallest absolute Gasteiger partial charge is 0.307 e. The lowest BCUT2D eigenvalue weighted by molar-refractivity contribution is -0.148. The van der Waals surface area contributed by atoms with Crippen LogP contribution in [0.15, 0.2) is 24.3 Å². The maximum Gasteiger partial charge on any atom is 0.307 e. The minimum atomic E-state index is -0.851. The summed E-state index contributed by atoms with van der Waals surface area (Å²) in [6, 6.07) is 7.95. The van der Waals surface area contributed by atoms with E-state index in [1.807, 2.05) is 24.3 Å². The van der Waals surface area contributed by atoms with E-state index in [4.69, 9.17) is 4.74 Å². The van der Waals surface area contributed by atoms with Gasteiger partial charge in [0.05, 0.1) is 11.8 Å². The largest absolute Gasteiger partial charge is 0.492 e. The van der Waals surface area contributed by atoms with E-state index in [9.17, 15) is 14.7 Å². The summed E-state index contributed by atoms with van der Waals surface area (Å²) in [5, 5.41) is 12.2. The van der Waals surface area contributed by atoms with Crippen LogP contribution in [0.2, 0.25) is 0 Å².